The molecule has 0 unspecified atom stereocenters. The maximum atomic E-state index is 12.7. The summed E-state index contributed by atoms with van der Waals surface area (Å²) in [6.07, 6.45) is 0.322. The lowest BCUT2D eigenvalue weighted by Gasteiger charge is -2.12. The topological polar surface area (TPSA) is 66.4 Å². The minimum atomic E-state index is -0.976. The first-order chi connectivity index (χ1) is 8.08. The maximum absolute atomic E-state index is 12.7. The molecular weight excluding hydrogens is 225 g/mol. The third kappa shape index (κ3) is 2.43. The van der Waals surface area contributed by atoms with E-state index in [1.54, 1.807) is 12.1 Å². The summed E-state index contributed by atoms with van der Waals surface area (Å²) >= 11 is 0. The molecule has 1 heterocycles. The second-order valence-corrected chi connectivity index (χ2v) is 4.13. The standard InChI is InChI=1S/C12H12FNO3/c13-8-3-1-7(2-4-8)5-9-10(12(16)17)6-14-11(9)15/h1-4,9-10H,5-6H2,(H,14,15)(H,16,17)/t9-,10+/m1/s1. The van der Waals surface area contributed by atoms with E-state index in [2.05, 4.69) is 5.32 Å². The van der Waals surface area contributed by atoms with Gasteiger partial charge in [-0.25, -0.2) is 4.39 Å². The number of benzene rings is 1. The van der Waals surface area contributed by atoms with Crippen LogP contribution in [0.15, 0.2) is 24.3 Å². The predicted octanol–water partition coefficient (Wildman–Crippen LogP) is 0.815. The Hall–Kier alpha value is -1.91. The number of carboxylic acid groups (broad SMARTS) is 1. The summed E-state index contributed by atoms with van der Waals surface area (Å²) < 4.78 is 12.7. The average molecular weight is 237 g/mol. The van der Waals surface area contributed by atoms with Crippen molar-refractivity contribution in [2.75, 3.05) is 6.54 Å². The van der Waals surface area contributed by atoms with Gasteiger partial charge < -0.3 is 10.4 Å². The molecule has 2 rings (SSSR count). The molecule has 0 aliphatic carbocycles. The summed E-state index contributed by atoms with van der Waals surface area (Å²) in [6, 6.07) is 5.75. The first kappa shape index (κ1) is 11.6. The van der Waals surface area contributed by atoms with Gasteiger partial charge in [-0.3, -0.25) is 9.59 Å². The molecule has 0 bridgehead atoms. The Morgan fingerprint density at radius 1 is 1.41 bits per heavy atom. The van der Waals surface area contributed by atoms with Gasteiger partial charge in [0.15, 0.2) is 0 Å². The molecule has 17 heavy (non-hydrogen) atoms. The third-order valence-corrected chi connectivity index (χ3v) is 3.00. The number of carboxylic acids is 1. The van der Waals surface area contributed by atoms with Gasteiger partial charge in [0.25, 0.3) is 0 Å². The normalized spacial score (nSPS) is 23.5. The van der Waals surface area contributed by atoms with Crippen LogP contribution in [0, 0.1) is 17.7 Å². The summed E-state index contributed by atoms with van der Waals surface area (Å²) in [5.41, 5.74) is 0.764. The highest BCUT2D eigenvalue weighted by Gasteiger charge is 2.39. The van der Waals surface area contributed by atoms with Gasteiger partial charge in [0, 0.05) is 6.54 Å². The van der Waals surface area contributed by atoms with E-state index < -0.39 is 17.8 Å². The number of halogens is 1. The van der Waals surface area contributed by atoms with E-state index in [4.69, 9.17) is 5.11 Å². The first-order valence-corrected chi connectivity index (χ1v) is 5.33. The van der Waals surface area contributed by atoms with Crippen LogP contribution in [0.1, 0.15) is 5.56 Å². The van der Waals surface area contributed by atoms with E-state index in [1.807, 2.05) is 0 Å². The van der Waals surface area contributed by atoms with Gasteiger partial charge in [0.1, 0.15) is 5.82 Å². The number of hydrogen-bond acceptors (Lipinski definition) is 2. The van der Waals surface area contributed by atoms with E-state index in [0.717, 1.165) is 5.56 Å². The third-order valence-electron chi connectivity index (χ3n) is 3.00. The van der Waals surface area contributed by atoms with Crippen LogP contribution in [0.3, 0.4) is 0 Å². The summed E-state index contributed by atoms with van der Waals surface area (Å²) in [5.74, 6) is -2.85. The number of hydrogen-bond donors (Lipinski definition) is 2. The van der Waals surface area contributed by atoms with Crippen molar-refractivity contribution < 1.29 is 19.1 Å². The van der Waals surface area contributed by atoms with E-state index in [0.29, 0.717) is 6.42 Å². The zero-order valence-electron chi connectivity index (χ0n) is 9.02. The van der Waals surface area contributed by atoms with Crippen molar-refractivity contribution in [3.63, 3.8) is 0 Å². The van der Waals surface area contributed by atoms with Gasteiger partial charge in [-0.1, -0.05) is 12.1 Å². The molecule has 1 saturated heterocycles. The highest BCUT2D eigenvalue weighted by Crippen LogP contribution is 2.23. The molecule has 1 aromatic carbocycles. The van der Waals surface area contributed by atoms with Crippen molar-refractivity contribution >= 4 is 11.9 Å². The molecule has 2 N–H and O–H groups in total. The zero-order chi connectivity index (χ0) is 12.4. The molecule has 0 aromatic heterocycles. The molecule has 5 heteroatoms. The summed E-state index contributed by atoms with van der Waals surface area (Å²) in [4.78, 5) is 22.5. The molecular formula is C12H12FNO3. The Balaban J connectivity index is 2.13. The van der Waals surface area contributed by atoms with Crippen molar-refractivity contribution in [3.05, 3.63) is 35.6 Å². The smallest absolute Gasteiger partial charge is 0.309 e. The Morgan fingerprint density at radius 2 is 2.06 bits per heavy atom. The number of rotatable bonds is 3. The minimum Gasteiger partial charge on any atom is -0.481 e. The monoisotopic (exact) mass is 237 g/mol. The second-order valence-electron chi connectivity index (χ2n) is 4.13. The van der Waals surface area contributed by atoms with Gasteiger partial charge in [0.2, 0.25) is 5.91 Å². The molecule has 0 spiro atoms. The number of nitrogens with one attached hydrogen (secondary N) is 1. The Bertz CT molecular complexity index is 444. The fourth-order valence-electron chi connectivity index (χ4n) is 2.04. The van der Waals surface area contributed by atoms with E-state index in [1.165, 1.54) is 12.1 Å². The van der Waals surface area contributed by atoms with Crippen molar-refractivity contribution in [1.29, 1.82) is 0 Å². The molecule has 2 atom stereocenters. The van der Waals surface area contributed by atoms with Crippen LogP contribution in [-0.4, -0.2) is 23.5 Å². The molecule has 1 aromatic rings. The second kappa shape index (κ2) is 4.53. The highest BCUT2D eigenvalue weighted by molar-refractivity contribution is 5.88. The Morgan fingerprint density at radius 3 is 2.65 bits per heavy atom. The van der Waals surface area contributed by atoms with Crippen LogP contribution in [0.4, 0.5) is 4.39 Å². The molecule has 1 fully saturated rings. The van der Waals surface area contributed by atoms with Gasteiger partial charge in [-0.15, -0.1) is 0 Å². The average Bonchev–Trinajstić information content (AvgIpc) is 2.64. The van der Waals surface area contributed by atoms with Crippen molar-refractivity contribution in [2.24, 2.45) is 11.8 Å². The van der Waals surface area contributed by atoms with Crippen LogP contribution >= 0.6 is 0 Å². The highest BCUT2D eigenvalue weighted by atomic mass is 19.1. The van der Waals surface area contributed by atoms with E-state index in [9.17, 15) is 14.0 Å². The lowest BCUT2D eigenvalue weighted by atomic mass is 9.89. The summed E-state index contributed by atoms with van der Waals surface area (Å²) in [6.45, 7) is 0.167. The fraction of sp³-hybridized carbons (Fsp3) is 0.333. The SMILES string of the molecule is O=C(O)[C@H]1CNC(=O)[C@@H]1Cc1ccc(F)cc1. The summed E-state index contributed by atoms with van der Waals surface area (Å²) in [7, 11) is 0. The van der Waals surface area contributed by atoms with Crippen molar-refractivity contribution in [3.8, 4) is 0 Å². The minimum absolute atomic E-state index is 0.167. The van der Waals surface area contributed by atoms with Crippen molar-refractivity contribution in [2.45, 2.75) is 6.42 Å². The molecule has 1 aliphatic heterocycles. The van der Waals surface area contributed by atoms with Gasteiger partial charge in [0.05, 0.1) is 11.8 Å². The van der Waals surface area contributed by atoms with Crippen LogP contribution in [0.25, 0.3) is 0 Å². The first-order valence-electron chi connectivity index (χ1n) is 5.33. The van der Waals surface area contributed by atoms with E-state index in [-0.39, 0.29) is 18.3 Å². The zero-order valence-corrected chi connectivity index (χ0v) is 9.02. The lowest BCUT2D eigenvalue weighted by molar-refractivity contribution is -0.143. The maximum Gasteiger partial charge on any atom is 0.309 e. The molecule has 4 nitrogen and oxygen atoms in total. The molecule has 1 amide bonds. The van der Waals surface area contributed by atoms with Crippen LogP contribution < -0.4 is 5.32 Å². The lowest BCUT2D eigenvalue weighted by Crippen LogP contribution is -2.25. The number of aliphatic carboxylic acids is 1. The number of amides is 1. The molecule has 90 valence electrons. The largest absolute Gasteiger partial charge is 0.481 e. The molecule has 0 radical (unpaired) electrons. The molecule has 1 aliphatic rings. The van der Waals surface area contributed by atoms with E-state index >= 15 is 0 Å². The van der Waals surface area contributed by atoms with Crippen molar-refractivity contribution in [1.82, 2.24) is 5.32 Å². The van der Waals surface area contributed by atoms with Gasteiger partial charge in [-0.05, 0) is 24.1 Å². The summed E-state index contributed by atoms with van der Waals surface area (Å²) in [5, 5.41) is 11.5. The van der Waals surface area contributed by atoms with Crippen LogP contribution in [0.5, 0.6) is 0 Å². The quantitative estimate of drug-likeness (QED) is 0.817. The molecule has 0 saturated carbocycles. The Labute approximate surface area is 97.4 Å². The van der Waals surface area contributed by atoms with Crippen LogP contribution in [-0.2, 0) is 16.0 Å². The van der Waals surface area contributed by atoms with Gasteiger partial charge in [-0.2, -0.15) is 0 Å². The predicted molar refractivity (Wildman–Crippen MR) is 57.7 cm³/mol. The fourth-order valence-corrected chi connectivity index (χ4v) is 2.04. The number of carbonyl (C=O) groups is 2. The Kier molecular flexibility index (Phi) is 3.08. The number of carbonyl (C=O) groups excluding carboxylic acids is 1. The van der Waals surface area contributed by atoms with Gasteiger partial charge >= 0.3 is 5.97 Å². The van der Waals surface area contributed by atoms with Crippen LogP contribution in [0.2, 0.25) is 0 Å².